The molecule has 0 radical (unpaired) electrons. The second-order valence-electron chi connectivity index (χ2n) is 7.00. The molecule has 0 aliphatic carbocycles. The van der Waals surface area contributed by atoms with Crippen molar-refractivity contribution in [1.29, 1.82) is 0 Å². The average Bonchev–Trinajstić information content (AvgIpc) is 2.97. The Morgan fingerprint density at radius 1 is 1.36 bits per heavy atom. The van der Waals surface area contributed by atoms with E-state index in [2.05, 4.69) is 26.6 Å². The summed E-state index contributed by atoms with van der Waals surface area (Å²) >= 11 is 1.59. The Morgan fingerprint density at radius 2 is 2.21 bits per heavy atom. The minimum atomic E-state index is -0.919. The van der Waals surface area contributed by atoms with Crippen LogP contribution in [0.4, 0.5) is 25.2 Å². The van der Waals surface area contributed by atoms with Gasteiger partial charge in [-0.2, -0.15) is 0 Å². The number of anilines is 2. The fraction of sp³-hybridized carbons (Fsp3) is 0.450. The molecule has 1 atom stereocenters. The number of rotatable bonds is 4. The van der Waals surface area contributed by atoms with Crippen molar-refractivity contribution in [3.63, 3.8) is 0 Å². The number of amidine groups is 1. The van der Waals surface area contributed by atoms with Crippen molar-refractivity contribution in [3.05, 3.63) is 40.3 Å². The number of nitrogens with one attached hydrogen (secondary N) is 2. The van der Waals surface area contributed by atoms with Crippen molar-refractivity contribution in [2.24, 2.45) is 4.99 Å². The molecule has 150 valence electrons. The van der Waals surface area contributed by atoms with Gasteiger partial charge < -0.3 is 20.3 Å². The summed E-state index contributed by atoms with van der Waals surface area (Å²) in [5, 5.41) is 7.66. The fourth-order valence-corrected chi connectivity index (χ4v) is 4.55. The summed E-state index contributed by atoms with van der Waals surface area (Å²) in [6, 6.07) is 5.00. The first-order valence-corrected chi connectivity index (χ1v) is 10.4. The maximum absolute atomic E-state index is 14.5. The number of aliphatic imine (C=N–C) groups is 1. The minimum Gasteiger partial charge on any atom is -0.382 e. The Labute approximate surface area is 167 Å². The first-order valence-electron chi connectivity index (χ1n) is 9.57. The van der Waals surface area contributed by atoms with E-state index >= 15 is 0 Å². The smallest absolute Gasteiger partial charge is 0.186 e. The van der Waals surface area contributed by atoms with Crippen LogP contribution in [-0.4, -0.2) is 49.6 Å². The summed E-state index contributed by atoms with van der Waals surface area (Å²) in [7, 11) is 0. The van der Waals surface area contributed by atoms with Crippen molar-refractivity contribution < 1.29 is 13.5 Å². The van der Waals surface area contributed by atoms with Gasteiger partial charge in [-0.15, -0.1) is 11.3 Å². The first kappa shape index (κ1) is 19.3. The predicted octanol–water partition coefficient (Wildman–Crippen LogP) is 4.17. The number of hydrogen-bond donors (Lipinski definition) is 2. The molecule has 0 saturated carbocycles. The Bertz CT molecular complexity index is 899. The van der Waals surface area contributed by atoms with Crippen LogP contribution in [0.3, 0.4) is 0 Å². The molecule has 1 aromatic heterocycles. The van der Waals surface area contributed by atoms with E-state index < -0.39 is 11.6 Å². The second-order valence-corrected chi connectivity index (χ2v) is 8.26. The molecule has 0 amide bonds. The zero-order valence-corrected chi connectivity index (χ0v) is 16.8. The molecule has 2 N–H and O–H groups in total. The molecule has 2 aliphatic rings. The highest BCUT2D eigenvalue weighted by atomic mass is 32.1. The van der Waals surface area contributed by atoms with E-state index in [0.29, 0.717) is 24.7 Å². The summed E-state index contributed by atoms with van der Waals surface area (Å²) in [4.78, 5) is 7.93. The quantitative estimate of drug-likeness (QED) is 0.749. The molecule has 0 spiro atoms. The van der Waals surface area contributed by atoms with Gasteiger partial charge in [0.15, 0.2) is 11.6 Å². The molecular weight excluding hydrogens is 382 g/mol. The number of benzene rings is 1. The third kappa shape index (κ3) is 3.76. The second kappa shape index (κ2) is 8.14. The normalized spacial score (nSPS) is 18.8. The summed E-state index contributed by atoms with van der Waals surface area (Å²) in [5.41, 5.74) is 1.45. The lowest BCUT2D eigenvalue weighted by atomic mass is 10.1. The van der Waals surface area contributed by atoms with Gasteiger partial charge in [0.2, 0.25) is 0 Å². The maximum Gasteiger partial charge on any atom is 0.186 e. The topological polar surface area (TPSA) is 48.9 Å². The van der Waals surface area contributed by atoms with E-state index in [4.69, 9.17) is 4.74 Å². The van der Waals surface area contributed by atoms with Gasteiger partial charge in [0, 0.05) is 43.8 Å². The van der Waals surface area contributed by atoms with Crippen LogP contribution in [0.1, 0.15) is 23.8 Å². The van der Waals surface area contributed by atoms with E-state index in [9.17, 15) is 8.78 Å². The number of hydrogen-bond acceptors (Lipinski definition) is 6. The SMILES string of the molecule is CCOCC[C@H]1CN(C2=Nc3c(ccc(F)c3F)Nc3sc(C)cc32)CCN1. The van der Waals surface area contributed by atoms with Gasteiger partial charge >= 0.3 is 0 Å². The molecule has 1 saturated heterocycles. The Morgan fingerprint density at radius 3 is 3.04 bits per heavy atom. The number of fused-ring (bicyclic) bond motifs is 2. The van der Waals surface area contributed by atoms with E-state index in [0.717, 1.165) is 47.6 Å². The molecule has 4 rings (SSSR count). The number of halogens is 2. The van der Waals surface area contributed by atoms with E-state index in [-0.39, 0.29) is 11.7 Å². The highest BCUT2D eigenvalue weighted by Crippen LogP contribution is 2.41. The third-order valence-corrected chi connectivity index (χ3v) is 5.97. The van der Waals surface area contributed by atoms with Gasteiger partial charge in [0.1, 0.15) is 16.5 Å². The lowest BCUT2D eigenvalue weighted by molar-refractivity contribution is 0.128. The zero-order valence-electron chi connectivity index (χ0n) is 16.0. The molecule has 1 fully saturated rings. The monoisotopic (exact) mass is 406 g/mol. The Kier molecular flexibility index (Phi) is 5.61. The predicted molar refractivity (Wildman–Crippen MR) is 109 cm³/mol. The molecule has 8 heteroatoms. The van der Waals surface area contributed by atoms with Crippen LogP contribution in [0.25, 0.3) is 0 Å². The molecule has 2 aliphatic heterocycles. The summed E-state index contributed by atoms with van der Waals surface area (Å²) < 4.78 is 33.9. The molecule has 0 unspecified atom stereocenters. The van der Waals surface area contributed by atoms with Gasteiger partial charge in [0.05, 0.1) is 11.3 Å². The van der Waals surface area contributed by atoms with Crippen molar-refractivity contribution in [2.75, 3.05) is 38.2 Å². The van der Waals surface area contributed by atoms with Crippen molar-refractivity contribution in [2.45, 2.75) is 26.3 Å². The van der Waals surface area contributed by atoms with Crippen LogP contribution in [0, 0.1) is 18.6 Å². The van der Waals surface area contributed by atoms with Gasteiger partial charge in [-0.05, 0) is 38.5 Å². The lowest BCUT2D eigenvalue weighted by Crippen LogP contribution is -2.53. The number of nitrogens with zero attached hydrogens (tertiary/aromatic N) is 2. The number of ether oxygens (including phenoxy) is 1. The maximum atomic E-state index is 14.5. The van der Waals surface area contributed by atoms with E-state index in [1.54, 1.807) is 17.4 Å². The molecule has 0 bridgehead atoms. The molecule has 2 aromatic rings. The average molecular weight is 407 g/mol. The standard InChI is InChI=1S/C20H24F2N4OS/c1-3-27-9-6-13-11-26(8-7-23-13)19-14-10-12(2)28-20(14)24-16-5-4-15(21)17(22)18(16)25-19/h4-5,10,13,23-24H,3,6-9,11H2,1-2H3/t13-/m0/s1. The highest BCUT2D eigenvalue weighted by Gasteiger charge is 2.29. The van der Waals surface area contributed by atoms with Crippen molar-refractivity contribution in [3.8, 4) is 0 Å². The molecule has 28 heavy (non-hydrogen) atoms. The van der Waals surface area contributed by atoms with Crippen LogP contribution in [0.2, 0.25) is 0 Å². The number of thiophene rings is 1. The van der Waals surface area contributed by atoms with Crippen LogP contribution >= 0.6 is 11.3 Å². The van der Waals surface area contributed by atoms with Gasteiger partial charge in [0.25, 0.3) is 0 Å². The molecular formula is C20H24F2N4OS. The first-order chi connectivity index (χ1) is 13.6. The summed E-state index contributed by atoms with van der Waals surface area (Å²) in [6.07, 6.45) is 0.894. The van der Waals surface area contributed by atoms with Crippen LogP contribution in [0.15, 0.2) is 23.2 Å². The summed E-state index contributed by atoms with van der Waals surface area (Å²) in [6.45, 7) is 7.72. The lowest BCUT2D eigenvalue weighted by Gasteiger charge is -2.35. The van der Waals surface area contributed by atoms with E-state index in [1.807, 2.05) is 13.8 Å². The highest BCUT2D eigenvalue weighted by molar-refractivity contribution is 7.16. The Hall–Kier alpha value is -2.03. The van der Waals surface area contributed by atoms with Crippen LogP contribution in [0.5, 0.6) is 0 Å². The third-order valence-electron chi connectivity index (χ3n) is 5.00. The number of piperazine rings is 1. The molecule has 1 aromatic carbocycles. The van der Waals surface area contributed by atoms with E-state index in [1.165, 1.54) is 0 Å². The van der Waals surface area contributed by atoms with Crippen LogP contribution < -0.4 is 10.6 Å². The minimum absolute atomic E-state index is 0.0282. The largest absolute Gasteiger partial charge is 0.382 e. The van der Waals surface area contributed by atoms with Gasteiger partial charge in [-0.3, -0.25) is 0 Å². The number of aryl methyl sites for hydroxylation is 1. The van der Waals surface area contributed by atoms with Crippen LogP contribution in [-0.2, 0) is 4.74 Å². The molecule has 5 nitrogen and oxygen atoms in total. The zero-order chi connectivity index (χ0) is 19.7. The van der Waals surface area contributed by atoms with Gasteiger partial charge in [-0.25, -0.2) is 13.8 Å². The van der Waals surface area contributed by atoms with Crippen molar-refractivity contribution >= 4 is 33.5 Å². The molecule has 3 heterocycles. The van der Waals surface area contributed by atoms with Gasteiger partial charge in [-0.1, -0.05) is 0 Å². The Balaban J connectivity index is 1.70. The summed E-state index contributed by atoms with van der Waals surface area (Å²) in [5.74, 6) is -1.12. The van der Waals surface area contributed by atoms with Crippen molar-refractivity contribution in [1.82, 2.24) is 10.2 Å². The fourth-order valence-electron chi connectivity index (χ4n) is 3.63.